The van der Waals surface area contributed by atoms with Gasteiger partial charge in [0.25, 0.3) is 0 Å². The van der Waals surface area contributed by atoms with Gasteiger partial charge in [-0.05, 0) is 12.3 Å². The van der Waals surface area contributed by atoms with Gasteiger partial charge in [-0.1, -0.05) is 13.8 Å². The Bertz CT molecular complexity index is 130. The molecule has 0 radical (unpaired) electrons. The third-order valence-corrected chi connectivity index (χ3v) is 2.36. The number of hydrogen-bond acceptors (Lipinski definition) is 2. The molecule has 0 aromatic carbocycles. The lowest BCUT2D eigenvalue weighted by molar-refractivity contribution is 0.0549. The molecule has 0 aromatic heterocycles. The van der Waals surface area contributed by atoms with E-state index in [-0.39, 0.29) is 19.4 Å². The Morgan fingerprint density at radius 3 is 2.83 bits per heavy atom. The molecule has 2 atom stereocenters. The van der Waals surface area contributed by atoms with Gasteiger partial charge in [0, 0.05) is 12.6 Å². The first-order valence-corrected chi connectivity index (χ1v) is 4.65. The van der Waals surface area contributed by atoms with E-state index >= 15 is 0 Å². The highest BCUT2D eigenvalue weighted by molar-refractivity contribution is 4.84. The molecule has 1 aliphatic heterocycles. The number of rotatable bonds is 4. The van der Waals surface area contributed by atoms with E-state index in [2.05, 4.69) is 19.2 Å². The van der Waals surface area contributed by atoms with Crippen molar-refractivity contribution in [2.45, 2.75) is 32.4 Å². The maximum absolute atomic E-state index is 11.8. The maximum Gasteiger partial charge on any atom is 0.113 e. The molecule has 0 bridgehead atoms. The van der Waals surface area contributed by atoms with E-state index in [1.807, 2.05) is 0 Å². The third-order valence-electron chi connectivity index (χ3n) is 2.36. The number of halogens is 1. The van der Waals surface area contributed by atoms with Gasteiger partial charge in [0.2, 0.25) is 0 Å². The van der Waals surface area contributed by atoms with Crippen LogP contribution in [0.15, 0.2) is 0 Å². The van der Waals surface area contributed by atoms with E-state index in [9.17, 15) is 4.39 Å². The normalized spacial score (nSPS) is 30.0. The summed E-state index contributed by atoms with van der Waals surface area (Å²) < 4.78 is 17.1. The van der Waals surface area contributed by atoms with E-state index in [1.165, 1.54) is 0 Å². The Balaban J connectivity index is 2.17. The first-order chi connectivity index (χ1) is 5.74. The zero-order chi connectivity index (χ0) is 8.97. The van der Waals surface area contributed by atoms with Crippen molar-refractivity contribution in [3.8, 4) is 0 Å². The van der Waals surface area contributed by atoms with E-state index in [0.29, 0.717) is 12.0 Å². The molecule has 3 heteroatoms. The lowest BCUT2D eigenvalue weighted by Crippen LogP contribution is -2.26. The lowest BCUT2D eigenvalue weighted by Gasteiger charge is -2.14. The average molecular weight is 175 g/mol. The van der Waals surface area contributed by atoms with Crippen molar-refractivity contribution in [2.24, 2.45) is 5.92 Å². The Kier molecular flexibility index (Phi) is 3.95. The predicted octanol–water partition coefficient (Wildman–Crippen LogP) is 1.36. The molecule has 12 heavy (non-hydrogen) atoms. The molecule has 1 heterocycles. The third kappa shape index (κ3) is 2.72. The van der Waals surface area contributed by atoms with Gasteiger partial charge < -0.3 is 10.1 Å². The number of alkyl halides is 1. The Morgan fingerprint density at radius 2 is 2.33 bits per heavy atom. The first kappa shape index (κ1) is 9.93. The number of hydrogen-bond donors (Lipinski definition) is 1. The Labute approximate surface area is 73.5 Å². The minimum atomic E-state index is -0.372. The van der Waals surface area contributed by atoms with Crippen molar-refractivity contribution in [3.05, 3.63) is 0 Å². The summed E-state index contributed by atoms with van der Waals surface area (Å²) in [5.41, 5.74) is 0. The maximum atomic E-state index is 11.8. The number of ether oxygens (including phenoxy) is 1. The predicted molar refractivity (Wildman–Crippen MR) is 47.0 cm³/mol. The molecule has 72 valence electrons. The van der Waals surface area contributed by atoms with Crippen molar-refractivity contribution >= 4 is 0 Å². The van der Waals surface area contributed by atoms with Crippen LogP contribution < -0.4 is 5.32 Å². The summed E-state index contributed by atoms with van der Waals surface area (Å²) in [4.78, 5) is 0. The van der Waals surface area contributed by atoms with Crippen LogP contribution in [-0.2, 0) is 4.74 Å². The summed E-state index contributed by atoms with van der Waals surface area (Å²) in [6.07, 6.45) is 1.26. The highest BCUT2D eigenvalue weighted by Crippen LogP contribution is 2.16. The summed E-state index contributed by atoms with van der Waals surface area (Å²) in [5.74, 6) is 0.643. The van der Waals surface area contributed by atoms with Crippen molar-refractivity contribution in [1.82, 2.24) is 5.32 Å². The zero-order valence-corrected chi connectivity index (χ0v) is 7.85. The summed E-state index contributed by atoms with van der Waals surface area (Å²) in [5, 5.41) is 3.37. The second kappa shape index (κ2) is 4.77. The molecule has 0 saturated carbocycles. The van der Waals surface area contributed by atoms with Gasteiger partial charge in [0.1, 0.15) is 6.67 Å². The molecule has 1 N–H and O–H groups in total. The monoisotopic (exact) mass is 175 g/mol. The van der Waals surface area contributed by atoms with Crippen LogP contribution in [0.3, 0.4) is 0 Å². The smallest absolute Gasteiger partial charge is 0.113 e. The fraction of sp³-hybridized carbons (Fsp3) is 1.00. The zero-order valence-electron chi connectivity index (χ0n) is 7.85. The van der Waals surface area contributed by atoms with Gasteiger partial charge in [0.05, 0.1) is 12.7 Å². The lowest BCUT2D eigenvalue weighted by atomic mass is 10.0. The minimum absolute atomic E-state index is 0.230. The minimum Gasteiger partial charge on any atom is -0.374 e. The molecule has 1 saturated heterocycles. The average Bonchev–Trinajstić information content (AvgIpc) is 2.48. The molecule has 1 aliphatic rings. The van der Waals surface area contributed by atoms with Crippen molar-refractivity contribution in [3.63, 3.8) is 0 Å². The summed E-state index contributed by atoms with van der Waals surface area (Å²) in [6.45, 7) is 5.13. The summed E-state index contributed by atoms with van der Waals surface area (Å²) >= 11 is 0. The van der Waals surface area contributed by atoms with Crippen LogP contribution in [0, 0.1) is 5.92 Å². The quantitative estimate of drug-likeness (QED) is 0.696. The van der Waals surface area contributed by atoms with Gasteiger partial charge in [-0.2, -0.15) is 0 Å². The van der Waals surface area contributed by atoms with E-state index in [4.69, 9.17) is 4.74 Å². The fourth-order valence-electron chi connectivity index (χ4n) is 1.58. The van der Waals surface area contributed by atoms with Crippen LogP contribution >= 0.6 is 0 Å². The highest BCUT2D eigenvalue weighted by Gasteiger charge is 2.26. The van der Waals surface area contributed by atoms with Crippen LogP contribution in [0.2, 0.25) is 0 Å². The summed E-state index contributed by atoms with van der Waals surface area (Å²) in [6, 6.07) is 0.551. The van der Waals surface area contributed by atoms with Gasteiger partial charge in [0.15, 0.2) is 0 Å². The molecule has 0 aliphatic carbocycles. The van der Waals surface area contributed by atoms with Crippen LogP contribution in [0.25, 0.3) is 0 Å². The molecule has 1 rings (SSSR count). The van der Waals surface area contributed by atoms with Crippen molar-refractivity contribution < 1.29 is 9.13 Å². The van der Waals surface area contributed by atoms with Crippen molar-refractivity contribution in [2.75, 3.05) is 19.8 Å². The van der Waals surface area contributed by atoms with E-state index < -0.39 is 0 Å². The van der Waals surface area contributed by atoms with Gasteiger partial charge in [-0.3, -0.25) is 0 Å². The van der Waals surface area contributed by atoms with Gasteiger partial charge in [-0.25, -0.2) is 4.39 Å². The number of nitrogens with one attached hydrogen (secondary N) is 1. The van der Waals surface area contributed by atoms with Crippen LogP contribution in [0.1, 0.15) is 20.3 Å². The Morgan fingerprint density at radius 1 is 1.58 bits per heavy atom. The molecule has 1 fully saturated rings. The molecular formula is C9H18FNO. The SMILES string of the molecule is CC(C)[C@H]1C[C@H](OCCF)CN1. The standard InChI is InChI=1S/C9H18FNO/c1-7(2)9-5-8(6-11-9)12-4-3-10/h7-9,11H,3-6H2,1-2H3/t8-,9+/m0/s1. The molecule has 2 nitrogen and oxygen atoms in total. The molecular weight excluding hydrogens is 157 g/mol. The first-order valence-electron chi connectivity index (χ1n) is 4.65. The van der Waals surface area contributed by atoms with Crippen molar-refractivity contribution in [1.29, 1.82) is 0 Å². The van der Waals surface area contributed by atoms with Crippen LogP contribution in [0.4, 0.5) is 4.39 Å². The van der Waals surface area contributed by atoms with Crippen LogP contribution in [-0.4, -0.2) is 32.0 Å². The molecule has 0 amide bonds. The second-order valence-electron chi connectivity index (χ2n) is 3.68. The second-order valence-corrected chi connectivity index (χ2v) is 3.68. The van der Waals surface area contributed by atoms with Gasteiger partial charge in [-0.15, -0.1) is 0 Å². The van der Waals surface area contributed by atoms with Gasteiger partial charge >= 0.3 is 0 Å². The molecule has 0 spiro atoms. The topological polar surface area (TPSA) is 21.3 Å². The highest BCUT2D eigenvalue weighted by atomic mass is 19.1. The molecule has 0 aromatic rings. The van der Waals surface area contributed by atoms with Crippen LogP contribution in [0.5, 0.6) is 0 Å². The van der Waals surface area contributed by atoms with E-state index in [1.54, 1.807) is 0 Å². The van der Waals surface area contributed by atoms with E-state index in [0.717, 1.165) is 13.0 Å². The largest absolute Gasteiger partial charge is 0.374 e. The summed E-state index contributed by atoms with van der Waals surface area (Å²) in [7, 11) is 0. The molecule has 0 unspecified atom stereocenters. The Hall–Kier alpha value is -0.150. The fourth-order valence-corrected chi connectivity index (χ4v) is 1.58.